The SMILES string of the molecule is CC(=O)NC1[C@H](Oc2ccc(N=C=S)cc2)OC(CO)[C@H](O)[C@@H]1O. The lowest BCUT2D eigenvalue weighted by molar-refractivity contribution is -0.244. The zero-order chi connectivity index (χ0) is 17.7. The zero-order valence-electron chi connectivity index (χ0n) is 12.8. The zero-order valence-corrected chi connectivity index (χ0v) is 13.6. The second kappa shape index (κ2) is 8.29. The Morgan fingerprint density at radius 1 is 1.38 bits per heavy atom. The van der Waals surface area contributed by atoms with Crippen molar-refractivity contribution in [1.82, 2.24) is 5.32 Å². The van der Waals surface area contributed by atoms with Gasteiger partial charge in [0, 0.05) is 6.92 Å². The molecule has 130 valence electrons. The summed E-state index contributed by atoms with van der Waals surface area (Å²) in [6, 6.07) is 5.48. The summed E-state index contributed by atoms with van der Waals surface area (Å²) in [5, 5.41) is 34.1. The summed E-state index contributed by atoms with van der Waals surface area (Å²) in [5.74, 6) is -0.0319. The van der Waals surface area contributed by atoms with Crippen molar-refractivity contribution in [2.24, 2.45) is 4.99 Å². The number of benzene rings is 1. The van der Waals surface area contributed by atoms with Crippen LogP contribution in [0.25, 0.3) is 0 Å². The number of hydrogen-bond acceptors (Lipinski definition) is 8. The largest absolute Gasteiger partial charge is 0.463 e. The maximum absolute atomic E-state index is 11.3. The molecule has 4 N–H and O–H groups in total. The summed E-state index contributed by atoms with van der Waals surface area (Å²) >= 11 is 4.52. The number of thiocarbonyl (C=S) groups is 1. The van der Waals surface area contributed by atoms with Gasteiger partial charge in [-0.3, -0.25) is 4.79 Å². The fourth-order valence-corrected chi connectivity index (χ4v) is 2.46. The summed E-state index contributed by atoms with van der Waals surface area (Å²) in [4.78, 5) is 15.1. The lowest BCUT2D eigenvalue weighted by Gasteiger charge is -2.42. The van der Waals surface area contributed by atoms with E-state index in [1.807, 2.05) is 0 Å². The fourth-order valence-electron chi connectivity index (χ4n) is 2.36. The number of amides is 1. The highest BCUT2D eigenvalue weighted by Gasteiger charge is 2.46. The number of rotatable bonds is 5. The maximum Gasteiger partial charge on any atom is 0.223 e. The standard InChI is InChI=1S/C15H18N2O6S/c1-8(19)17-12-14(21)13(20)11(6-18)23-15(12)22-10-4-2-9(3-5-10)16-7-24/h2-5,11-15,18,20-21H,6H2,1H3,(H,17,19)/t11?,12?,13-,14+,15+/m0/s1. The monoisotopic (exact) mass is 354 g/mol. The molecular formula is C15H18N2O6S. The molecule has 0 saturated carbocycles. The van der Waals surface area contributed by atoms with Crippen LogP contribution in [0.3, 0.4) is 0 Å². The third-order valence-corrected chi connectivity index (χ3v) is 3.61. The van der Waals surface area contributed by atoms with Gasteiger partial charge in [-0.15, -0.1) is 0 Å². The van der Waals surface area contributed by atoms with E-state index in [-0.39, 0.29) is 0 Å². The minimum Gasteiger partial charge on any atom is -0.463 e. The van der Waals surface area contributed by atoms with Crippen molar-refractivity contribution in [3.8, 4) is 5.75 Å². The Balaban J connectivity index is 2.19. The van der Waals surface area contributed by atoms with Gasteiger partial charge in [0.25, 0.3) is 0 Å². The van der Waals surface area contributed by atoms with E-state index in [4.69, 9.17) is 9.47 Å². The number of aliphatic hydroxyl groups is 3. The quantitative estimate of drug-likeness (QED) is 0.425. The van der Waals surface area contributed by atoms with Crippen molar-refractivity contribution in [2.75, 3.05) is 6.61 Å². The molecule has 0 bridgehead atoms. The van der Waals surface area contributed by atoms with Crippen LogP contribution in [0.4, 0.5) is 5.69 Å². The first-order chi connectivity index (χ1) is 11.5. The van der Waals surface area contributed by atoms with Crippen molar-refractivity contribution in [3.05, 3.63) is 24.3 Å². The third kappa shape index (κ3) is 4.35. The molecule has 1 heterocycles. The van der Waals surface area contributed by atoms with Crippen LogP contribution in [0.15, 0.2) is 29.3 Å². The minimum atomic E-state index is -1.36. The van der Waals surface area contributed by atoms with Gasteiger partial charge in [-0.25, -0.2) is 0 Å². The Bertz CT molecular complexity index is 619. The highest BCUT2D eigenvalue weighted by molar-refractivity contribution is 7.78. The van der Waals surface area contributed by atoms with E-state index in [0.717, 1.165) is 0 Å². The first-order valence-corrected chi connectivity index (χ1v) is 7.61. The molecular weight excluding hydrogens is 336 g/mol. The highest BCUT2D eigenvalue weighted by Crippen LogP contribution is 2.25. The summed E-state index contributed by atoms with van der Waals surface area (Å²) in [5.41, 5.74) is 0.587. The van der Waals surface area contributed by atoms with Crippen LogP contribution in [-0.4, -0.2) is 63.6 Å². The second-order valence-corrected chi connectivity index (χ2v) is 5.43. The number of isothiocyanates is 1. The van der Waals surface area contributed by atoms with E-state index in [0.29, 0.717) is 11.4 Å². The number of aliphatic hydroxyl groups excluding tert-OH is 3. The van der Waals surface area contributed by atoms with Gasteiger partial charge in [0.05, 0.1) is 17.5 Å². The molecule has 8 nitrogen and oxygen atoms in total. The van der Waals surface area contributed by atoms with Gasteiger partial charge in [0.2, 0.25) is 12.2 Å². The number of aliphatic imine (C=N–C) groups is 1. The van der Waals surface area contributed by atoms with Crippen LogP contribution >= 0.6 is 12.2 Å². The summed E-state index contributed by atoms with van der Waals surface area (Å²) in [7, 11) is 0. The molecule has 1 aromatic rings. The van der Waals surface area contributed by atoms with Crippen LogP contribution in [0.5, 0.6) is 5.75 Å². The first kappa shape index (κ1) is 18.5. The topological polar surface area (TPSA) is 121 Å². The first-order valence-electron chi connectivity index (χ1n) is 7.20. The van der Waals surface area contributed by atoms with Crippen LogP contribution in [0, 0.1) is 0 Å². The predicted octanol–water partition coefficient (Wildman–Crippen LogP) is -0.257. The van der Waals surface area contributed by atoms with Gasteiger partial charge in [0.1, 0.15) is 30.1 Å². The highest BCUT2D eigenvalue weighted by atomic mass is 32.1. The van der Waals surface area contributed by atoms with Gasteiger partial charge in [-0.05, 0) is 36.5 Å². The van der Waals surface area contributed by atoms with Crippen LogP contribution in [-0.2, 0) is 9.53 Å². The molecule has 0 aliphatic carbocycles. The molecule has 2 unspecified atom stereocenters. The normalized spacial score (nSPS) is 29.4. The Hall–Kier alpha value is -1.87. The van der Waals surface area contributed by atoms with Crippen LogP contribution < -0.4 is 10.1 Å². The number of carbonyl (C=O) groups excluding carboxylic acids is 1. The van der Waals surface area contributed by atoms with E-state index >= 15 is 0 Å². The molecule has 0 spiro atoms. The third-order valence-electron chi connectivity index (χ3n) is 3.51. The molecule has 24 heavy (non-hydrogen) atoms. The molecule has 0 aromatic heterocycles. The number of ether oxygens (including phenoxy) is 2. The molecule has 2 rings (SSSR count). The van der Waals surface area contributed by atoms with Gasteiger partial charge in [-0.1, -0.05) is 0 Å². The smallest absolute Gasteiger partial charge is 0.223 e. The van der Waals surface area contributed by atoms with Crippen molar-refractivity contribution >= 4 is 29.0 Å². The number of hydrogen-bond donors (Lipinski definition) is 4. The molecule has 1 aliphatic heterocycles. The van der Waals surface area contributed by atoms with Crippen molar-refractivity contribution in [3.63, 3.8) is 0 Å². The molecule has 1 aromatic carbocycles. The number of nitrogens with one attached hydrogen (secondary N) is 1. The molecule has 9 heteroatoms. The summed E-state index contributed by atoms with van der Waals surface area (Å²) in [6.45, 7) is 0.763. The van der Waals surface area contributed by atoms with E-state index in [9.17, 15) is 20.1 Å². The van der Waals surface area contributed by atoms with Crippen LogP contribution in [0.2, 0.25) is 0 Å². The summed E-state index contributed by atoms with van der Waals surface area (Å²) in [6.07, 6.45) is -4.84. The van der Waals surface area contributed by atoms with Gasteiger partial charge >= 0.3 is 0 Å². The van der Waals surface area contributed by atoms with E-state index in [2.05, 4.69) is 27.7 Å². The Labute approximate surface area is 143 Å². The predicted molar refractivity (Wildman–Crippen MR) is 87.1 cm³/mol. The average molecular weight is 354 g/mol. The molecule has 1 fully saturated rings. The Morgan fingerprint density at radius 3 is 2.58 bits per heavy atom. The second-order valence-electron chi connectivity index (χ2n) is 5.25. The van der Waals surface area contributed by atoms with Gasteiger partial charge in [0.15, 0.2) is 0 Å². The number of nitrogens with zero attached hydrogens (tertiary/aromatic N) is 1. The molecule has 1 amide bonds. The Kier molecular flexibility index (Phi) is 6.38. The fraction of sp³-hybridized carbons (Fsp3) is 0.467. The van der Waals surface area contributed by atoms with Crippen LogP contribution in [0.1, 0.15) is 6.92 Å². The minimum absolute atomic E-state index is 0.388. The average Bonchev–Trinajstić information content (AvgIpc) is 2.56. The maximum atomic E-state index is 11.3. The van der Waals surface area contributed by atoms with Crippen molar-refractivity contribution in [1.29, 1.82) is 0 Å². The van der Waals surface area contributed by atoms with Gasteiger partial charge < -0.3 is 30.1 Å². The lowest BCUT2D eigenvalue weighted by Crippen LogP contribution is -2.65. The van der Waals surface area contributed by atoms with E-state index in [1.54, 1.807) is 24.3 Å². The molecule has 5 atom stereocenters. The van der Waals surface area contributed by atoms with E-state index in [1.165, 1.54) is 6.92 Å². The molecule has 1 aliphatic rings. The van der Waals surface area contributed by atoms with Crippen molar-refractivity contribution < 1.29 is 29.6 Å². The van der Waals surface area contributed by atoms with Gasteiger partial charge in [-0.2, -0.15) is 4.99 Å². The summed E-state index contributed by atoms with van der Waals surface area (Å²) < 4.78 is 11.1. The molecule has 0 radical (unpaired) electrons. The van der Waals surface area contributed by atoms with Crippen molar-refractivity contribution in [2.45, 2.75) is 37.6 Å². The number of carbonyl (C=O) groups is 1. The molecule has 1 saturated heterocycles. The Morgan fingerprint density at radius 2 is 2.04 bits per heavy atom. The van der Waals surface area contributed by atoms with E-state index < -0.39 is 43.2 Å². The lowest BCUT2D eigenvalue weighted by atomic mass is 9.97.